The normalized spacial score (nSPS) is 11.3. The number of halogens is 1. The number of hydrogen-bond donors (Lipinski definition) is 1. The van der Waals surface area contributed by atoms with Crippen LogP contribution < -0.4 is 4.72 Å². The highest BCUT2D eigenvalue weighted by atomic mass is 35.5. The van der Waals surface area contributed by atoms with Crippen LogP contribution in [0.15, 0.2) is 24.3 Å². The first kappa shape index (κ1) is 11.3. The molecule has 1 aromatic carbocycles. The molecule has 78 valence electrons. The molecule has 0 unspecified atom stereocenters. The molecule has 0 bridgehead atoms. The fourth-order valence-electron chi connectivity index (χ4n) is 1.02. The van der Waals surface area contributed by atoms with Crippen LogP contribution in [0.25, 0.3) is 0 Å². The first-order chi connectivity index (χ1) is 6.57. The van der Waals surface area contributed by atoms with Crippen LogP contribution in [0, 0.1) is 0 Å². The summed E-state index contributed by atoms with van der Waals surface area (Å²) in [5, 5.41) is -0.428. The van der Waals surface area contributed by atoms with Crippen LogP contribution in [0.3, 0.4) is 0 Å². The average molecular weight is 234 g/mol. The summed E-state index contributed by atoms with van der Waals surface area (Å²) < 4.78 is 24.5. The Balaban J connectivity index is 2.79. The summed E-state index contributed by atoms with van der Waals surface area (Å²) in [6, 6.07) is 7.21. The summed E-state index contributed by atoms with van der Waals surface area (Å²) >= 11 is 5.25. The van der Waals surface area contributed by atoms with Gasteiger partial charge < -0.3 is 0 Å². The van der Waals surface area contributed by atoms with Gasteiger partial charge in [0, 0.05) is 5.69 Å². The minimum atomic E-state index is -3.38. The summed E-state index contributed by atoms with van der Waals surface area (Å²) in [4.78, 5) is 0. The topological polar surface area (TPSA) is 46.2 Å². The van der Waals surface area contributed by atoms with E-state index in [1.165, 1.54) is 5.56 Å². The maximum absolute atomic E-state index is 11.1. The third-order valence-corrected chi connectivity index (χ3v) is 3.48. The van der Waals surface area contributed by atoms with Crippen molar-refractivity contribution in [3.63, 3.8) is 0 Å². The van der Waals surface area contributed by atoms with Gasteiger partial charge in [0.2, 0.25) is 10.0 Å². The Bertz CT molecular complexity index is 386. The van der Waals surface area contributed by atoms with Gasteiger partial charge in [-0.15, -0.1) is 11.6 Å². The maximum Gasteiger partial charge on any atom is 0.246 e. The molecular formula is C9H12ClNO2S. The van der Waals surface area contributed by atoms with Gasteiger partial charge in [-0.2, -0.15) is 0 Å². The summed E-state index contributed by atoms with van der Waals surface area (Å²) in [7, 11) is -3.38. The van der Waals surface area contributed by atoms with Gasteiger partial charge in [-0.3, -0.25) is 4.72 Å². The van der Waals surface area contributed by atoms with E-state index in [9.17, 15) is 8.42 Å². The lowest BCUT2D eigenvalue weighted by molar-refractivity contribution is 0.605. The molecule has 0 fully saturated rings. The Morgan fingerprint density at radius 1 is 1.29 bits per heavy atom. The van der Waals surface area contributed by atoms with Crippen LogP contribution in [0.2, 0.25) is 0 Å². The Morgan fingerprint density at radius 2 is 1.86 bits per heavy atom. The van der Waals surface area contributed by atoms with Crippen molar-refractivity contribution in [1.29, 1.82) is 0 Å². The number of nitrogens with one attached hydrogen (secondary N) is 1. The first-order valence-corrected chi connectivity index (χ1v) is 6.41. The second-order valence-electron chi connectivity index (χ2n) is 2.88. The fourth-order valence-corrected chi connectivity index (χ4v) is 1.73. The summed E-state index contributed by atoms with van der Waals surface area (Å²) in [6.45, 7) is 2.04. The van der Waals surface area contributed by atoms with E-state index < -0.39 is 15.2 Å². The Labute approximate surface area is 89.1 Å². The molecule has 0 aliphatic carbocycles. The van der Waals surface area contributed by atoms with Crippen LogP contribution in [-0.2, 0) is 16.4 Å². The molecule has 0 aliphatic rings. The third-order valence-electron chi connectivity index (χ3n) is 1.78. The van der Waals surface area contributed by atoms with Crippen LogP contribution in [0.5, 0.6) is 0 Å². The second-order valence-corrected chi connectivity index (χ2v) is 5.18. The van der Waals surface area contributed by atoms with Gasteiger partial charge in [-0.25, -0.2) is 8.42 Å². The monoisotopic (exact) mass is 233 g/mol. The van der Waals surface area contributed by atoms with Crippen molar-refractivity contribution in [3.8, 4) is 0 Å². The zero-order chi connectivity index (χ0) is 10.6. The van der Waals surface area contributed by atoms with Gasteiger partial charge in [0.05, 0.1) is 0 Å². The van der Waals surface area contributed by atoms with Gasteiger partial charge >= 0.3 is 0 Å². The lowest BCUT2D eigenvalue weighted by Gasteiger charge is -2.05. The number of sulfonamides is 1. The lowest BCUT2D eigenvalue weighted by Crippen LogP contribution is -2.13. The minimum Gasteiger partial charge on any atom is -0.283 e. The number of alkyl halides is 1. The molecule has 0 amide bonds. The molecule has 0 saturated heterocycles. The van der Waals surface area contributed by atoms with Gasteiger partial charge in [0.1, 0.15) is 5.21 Å². The van der Waals surface area contributed by atoms with E-state index in [4.69, 9.17) is 11.6 Å². The highest BCUT2D eigenvalue weighted by Gasteiger charge is 2.06. The zero-order valence-corrected chi connectivity index (χ0v) is 9.40. The number of hydrogen-bond acceptors (Lipinski definition) is 2. The quantitative estimate of drug-likeness (QED) is 0.811. The van der Waals surface area contributed by atoms with Crippen molar-refractivity contribution in [1.82, 2.24) is 0 Å². The highest BCUT2D eigenvalue weighted by molar-refractivity contribution is 7.93. The molecule has 0 heterocycles. The number of anilines is 1. The molecule has 0 aromatic heterocycles. The van der Waals surface area contributed by atoms with Crippen molar-refractivity contribution < 1.29 is 8.42 Å². The molecule has 0 radical (unpaired) electrons. The van der Waals surface area contributed by atoms with Crippen molar-refractivity contribution in [3.05, 3.63) is 29.8 Å². The zero-order valence-electron chi connectivity index (χ0n) is 7.83. The summed E-state index contributed by atoms with van der Waals surface area (Å²) in [6.07, 6.45) is 0.933. The largest absolute Gasteiger partial charge is 0.283 e. The van der Waals surface area contributed by atoms with Crippen molar-refractivity contribution >= 4 is 27.3 Å². The van der Waals surface area contributed by atoms with Crippen LogP contribution in [-0.4, -0.2) is 13.6 Å². The number of aryl methyl sites for hydroxylation is 1. The molecular weight excluding hydrogens is 222 g/mol. The number of rotatable bonds is 4. The molecule has 14 heavy (non-hydrogen) atoms. The van der Waals surface area contributed by atoms with E-state index in [0.717, 1.165) is 6.42 Å². The van der Waals surface area contributed by atoms with E-state index in [-0.39, 0.29) is 0 Å². The molecule has 1 rings (SSSR count). The van der Waals surface area contributed by atoms with Crippen molar-refractivity contribution in [2.75, 3.05) is 9.93 Å². The third kappa shape index (κ3) is 3.20. The SMILES string of the molecule is CCc1ccc(NS(=O)(=O)CCl)cc1. The predicted molar refractivity (Wildman–Crippen MR) is 59.1 cm³/mol. The van der Waals surface area contributed by atoms with E-state index in [2.05, 4.69) is 4.72 Å². The molecule has 0 atom stereocenters. The molecule has 0 aliphatic heterocycles. The lowest BCUT2D eigenvalue weighted by atomic mass is 10.2. The smallest absolute Gasteiger partial charge is 0.246 e. The number of benzene rings is 1. The fraction of sp³-hybridized carbons (Fsp3) is 0.333. The maximum atomic E-state index is 11.1. The van der Waals surface area contributed by atoms with Gasteiger partial charge in [0.25, 0.3) is 0 Å². The van der Waals surface area contributed by atoms with Gasteiger partial charge in [0.15, 0.2) is 0 Å². The van der Waals surface area contributed by atoms with Crippen molar-refractivity contribution in [2.24, 2.45) is 0 Å². The molecule has 1 N–H and O–H groups in total. The Morgan fingerprint density at radius 3 is 2.29 bits per heavy atom. The summed E-state index contributed by atoms with van der Waals surface area (Å²) in [5.41, 5.74) is 1.71. The van der Waals surface area contributed by atoms with Gasteiger partial charge in [-0.1, -0.05) is 19.1 Å². The Hall–Kier alpha value is -0.740. The summed E-state index contributed by atoms with van der Waals surface area (Å²) in [5.74, 6) is 0. The standard InChI is InChI=1S/C9H12ClNO2S/c1-2-8-3-5-9(6-4-8)11-14(12,13)7-10/h3-6,11H,2,7H2,1H3. The first-order valence-electron chi connectivity index (χ1n) is 4.23. The molecule has 0 saturated carbocycles. The van der Waals surface area contributed by atoms with Crippen molar-refractivity contribution in [2.45, 2.75) is 13.3 Å². The van der Waals surface area contributed by atoms with Gasteiger partial charge in [-0.05, 0) is 24.1 Å². The van der Waals surface area contributed by atoms with E-state index in [1.54, 1.807) is 12.1 Å². The van der Waals surface area contributed by atoms with E-state index in [0.29, 0.717) is 5.69 Å². The molecule has 1 aromatic rings. The van der Waals surface area contributed by atoms with E-state index >= 15 is 0 Å². The minimum absolute atomic E-state index is 0.428. The average Bonchev–Trinajstić information content (AvgIpc) is 2.19. The Kier molecular flexibility index (Phi) is 3.77. The molecule has 0 spiro atoms. The second kappa shape index (κ2) is 4.66. The van der Waals surface area contributed by atoms with E-state index in [1.807, 2.05) is 19.1 Å². The molecule has 3 nitrogen and oxygen atoms in total. The highest BCUT2D eigenvalue weighted by Crippen LogP contribution is 2.12. The van der Waals surface area contributed by atoms with Crippen LogP contribution in [0.1, 0.15) is 12.5 Å². The predicted octanol–water partition coefficient (Wildman–Crippen LogP) is 2.19. The van der Waals surface area contributed by atoms with Crippen LogP contribution in [0.4, 0.5) is 5.69 Å². The van der Waals surface area contributed by atoms with Crippen LogP contribution >= 0.6 is 11.6 Å². The molecule has 5 heteroatoms.